The number of nitrogens with two attached hydrogens (primary N) is 1. The lowest BCUT2D eigenvalue weighted by atomic mass is 10.1. The first-order valence-corrected chi connectivity index (χ1v) is 8.00. The Morgan fingerprint density at radius 3 is 2.58 bits per heavy atom. The number of carbonyl (C=O) groups is 1. The van der Waals surface area contributed by atoms with Crippen LogP contribution in [0.25, 0.3) is 11.4 Å². The number of hydrogen-bond acceptors (Lipinski definition) is 5. The molecule has 2 amide bonds. The van der Waals surface area contributed by atoms with E-state index in [-0.39, 0.29) is 17.7 Å². The summed E-state index contributed by atoms with van der Waals surface area (Å²) in [6, 6.07) is 3.46. The Kier molecular flexibility index (Phi) is 4.92. The molecule has 0 aliphatic carbocycles. The fourth-order valence-corrected chi connectivity index (χ4v) is 2.82. The maximum Gasteiger partial charge on any atom is 0.433 e. The molecule has 0 atom stereocenters. The predicted molar refractivity (Wildman–Crippen MR) is 88.2 cm³/mol. The van der Waals surface area contributed by atoms with Gasteiger partial charge in [-0.25, -0.2) is 14.8 Å². The van der Waals surface area contributed by atoms with Crippen LogP contribution >= 0.6 is 0 Å². The number of carbonyl (C=O) groups excluding carboxylic acids is 1. The van der Waals surface area contributed by atoms with Gasteiger partial charge in [0.1, 0.15) is 5.82 Å². The van der Waals surface area contributed by atoms with Crippen LogP contribution in [-0.2, 0) is 6.18 Å². The Morgan fingerprint density at radius 1 is 1.27 bits per heavy atom. The first-order valence-electron chi connectivity index (χ1n) is 8.00. The second kappa shape index (κ2) is 7.14. The normalized spacial score (nSPS) is 15.7. The zero-order valence-corrected chi connectivity index (χ0v) is 13.7. The largest absolute Gasteiger partial charge is 0.433 e. The monoisotopic (exact) mass is 366 g/mol. The molecule has 3 rings (SSSR count). The van der Waals surface area contributed by atoms with Crippen molar-refractivity contribution in [2.45, 2.75) is 25.1 Å². The van der Waals surface area contributed by atoms with Gasteiger partial charge in [-0.15, -0.1) is 0 Å². The summed E-state index contributed by atoms with van der Waals surface area (Å²) in [6.07, 6.45) is -0.510. The SMILES string of the molecule is NC(=O)NC1CCN(c2cc(C(F)(F)F)nc(-c3cccnc3)n2)CC1. The van der Waals surface area contributed by atoms with E-state index < -0.39 is 17.9 Å². The standard InChI is InChI=1S/C16H17F3N6O/c17-16(18,19)12-8-13(24-14(23-12)10-2-1-5-21-9-10)25-6-3-11(4-7-25)22-15(20)26/h1-2,5,8-9,11H,3-4,6-7H2,(H3,20,22,26). The molecule has 2 aromatic heterocycles. The molecule has 1 saturated heterocycles. The van der Waals surface area contributed by atoms with Crippen molar-refractivity contribution in [2.24, 2.45) is 5.73 Å². The number of alkyl halides is 3. The number of rotatable bonds is 3. The fourth-order valence-electron chi connectivity index (χ4n) is 2.82. The number of amides is 2. The first-order chi connectivity index (χ1) is 12.3. The lowest BCUT2D eigenvalue weighted by Gasteiger charge is -2.33. The lowest BCUT2D eigenvalue weighted by Crippen LogP contribution is -2.46. The summed E-state index contributed by atoms with van der Waals surface area (Å²) in [5.74, 6) is 0.170. The number of anilines is 1. The predicted octanol–water partition coefficient (Wildman–Crippen LogP) is 2.19. The van der Waals surface area contributed by atoms with Crippen molar-refractivity contribution in [2.75, 3.05) is 18.0 Å². The van der Waals surface area contributed by atoms with Crippen LogP contribution in [0.15, 0.2) is 30.6 Å². The van der Waals surface area contributed by atoms with Gasteiger partial charge >= 0.3 is 12.2 Å². The number of nitrogens with zero attached hydrogens (tertiary/aromatic N) is 4. The van der Waals surface area contributed by atoms with E-state index in [9.17, 15) is 18.0 Å². The van der Waals surface area contributed by atoms with Gasteiger partial charge in [-0.05, 0) is 25.0 Å². The average molecular weight is 366 g/mol. The molecule has 0 unspecified atom stereocenters. The molecule has 1 aliphatic heterocycles. The molecule has 3 heterocycles. The van der Waals surface area contributed by atoms with E-state index >= 15 is 0 Å². The second-order valence-electron chi connectivity index (χ2n) is 5.94. The van der Waals surface area contributed by atoms with Gasteiger partial charge in [0.05, 0.1) is 0 Å². The number of urea groups is 1. The Labute approximate surface area is 147 Å². The quantitative estimate of drug-likeness (QED) is 0.868. The molecule has 0 saturated carbocycles. The van der Waals surface area contributed by atoms with Crippen molar-refractivity contribution in [1.29, 1.82) is 0 Å². The molecular weight excluding hydrogens is 349 g/mol. The molecule has 7 nitrogen and oxygen atoms in total. The molecule has 2 aromatic rings. The van der Waals surface area contributed by atoms with Crippen LogP contribution in [0, 0.1) is 0 Å². The summed E-state index contributed by atoms with van der Waals surface area (Å²) < 4.78 is 39.8. The third-order valence-electron chi connectivity index (χ3n) is 4.09. The highest BCUT2D eigenvalue weighted by atomic mass is 19.4. The van der Waals surface area contributed by atoms with Crippen LogP contribution in [-0.4, -0.2) is 40.1 Å². The van der Waals surface area contributed by atoms with E-state index in [1.807, 2.05) is 0 Å². The third-order valence-corrected chi connectivity index (χ3v) is 4.09. The molecule has 1 aliphatic rings. The highest BCUT2D eigenvalue weighted by Crippen LogP contribution is 2.32. The van der Waals surface area contributed by atoms with Crippen molar-refractivity contribution >= 4 is 11.8 Å². The van der Waals surface area contributed by atoms with E-state index in [2.05, 4.69) is 20.3 Å². The molecule has 10 heteroatoms. The summed E-state index contributed by atoms with van der Waals surface area (Å²) in [4.78, 5) is 24.5. The summed E-state index contributed by atoms with van der Waals surface area (Å²) in [5, 5.41) is 2.62. The van der Waals surface area contributed by atoms with Crippen LogP contribution in [0.4, 0.5) is 23.8 Å². The van der Waals surface area contributed by atoms with E-state index in [1.54, 1.807) is 17.0 Å². The summed E-state index contributed by atoms with van der Waals surface area (Å²) in [6.45, 7) is 0.900. The average Bonchev–Trinajstić information content (AvgIpc) is 2.61. The Bertz CT molecular complexity index is 775. The van der Waals surface area contributed by atoms with Gasteiger partial charge in [0.25, 0.3) is 0 Å². The minimum Gasteiger partial charge on any atom is -0.356 e. The molecule has 3 N–H and O–H groups in total. The topological polar surface area (TPSA) is 97.0 Å². The van der Waals surface area contributed by atoms with Gasteiger partial charge in [0.2, 0.25) is 0 Å². The third kappa shape index (κ3) is 4.19. The van der Waals surface area contributed by atoms with E-state index in [0.29, 0.717) is 31.5 Å². The number of primary amides is 1. The highest BCUT2D eigenvalue weighted by Gasteiger charge is 2.34. The van der Waals surface area contributed by atoms with Crippen molar-refractivity contribution in [1.82, 2.24) is 20.3 Å². The van der Waals surface area contributed by atoms with Crippen LogP contribution in [0.1, 0.15) is 18.5 Å². The Morgan fingerprint density at radius 2 is 2.00 bits per heavy atom. The molecule has 0 bridgehead atoms. The lowest BCUT2D eigenvalue weighted by molar-refractivity contribution is -0.141. The summed E-state index contributed by atoms with van der Waals surface area (Å²) >= 11 is 0. The number of piperidine rings is 1. The first kappa shape index (κ1) is 17.9. The second-order valence-corrected chi connectivity index (χ2v) is 5.94. The molecule has 26 heavy (non-hydrogen) atoms. The van der Waals surface area contributed by atoms with Gasteiger partial charge in [-0.1, -0.05) is 0 Å². The summed E-state index contributed by atoms with van der Waals surface area (Å²) in [5.41, 5.74) is 4.51. The van der Waals surface area contributed by atoms with Gasteiger partial charge < -0.3 is 16.0 Å². The van der Waals surface area contributed by atoms with Crippen LogP contribution in [0.2, 0.25) is 0 Å². The Hall–Kier alpha value is -2.91. The molecular formula is C16H17F3N6O. The zero-order valence-electron chi connectivity index (χ0n) is 13.7. The van der Waals surface area contributed by atoms with Gasteiger partial charge in [-0.2, -0.15) is 13.2 Å². The summed E-state index contributed by atoms with van der Waals surface area (Å²) in [7, 11) is 0. The van der Waals surface area contributed by atoms with Gasteiger partial charge in [0.15, 0.2) is 11.5 Å². The fraction of sp³-hybridized carbons (Fsp3) is 0.375. The maximum atomic E-state index is 13.3. The molecule has 0 aromatic carbocycles. The minimum absolute atomic E-state index is 0.0275. The highest BCUT2D eigenvalue weighted by molar-refractivity contribution is 5.72. The van der Waals surface area contributed by atoms with Crippen molar-refractivity contribution in [3.63, 3.8) is 0 Å². The van der Waals surface area contributed by atoms with Gasteiger partial charge in [-0.3, -0.25) is 4.98 Å². The number of aromatic nitrogens is 3. The minimum atomic E-state index is -4.58. The Balaban J connectivity index is 1.88. The van der Waals surface area contributed by atoms with Gasteiger partial charge in [0, 0.05) is 43.2 Å². The van der Waals surface area contributed by atoms with Crippen LogP contribution in [0.3, 0.4) is 0 Å². The van der Waals surface area contributed by atoms with E-state index in [0.717, 1.165) is 6.07 Å². The van der Waals surface area contributed by atoms with E-state index in [4.69, 9.17) is 5.73 Å². The number of pyridine rings is 1. The molecule has 138 valence electrons. The maximum absolute atomic E-state index is 13.3. The van der Waals surface area contributed by atoms with E-state index in [1.165, 1.54) is 12.4 Å². The molecule has 0 radical (unpaired) electrons. The number of nitrogens with one attached hydrogen (secondary N) is 1. The smallest absolute Gasteiger partial charge is 0.356 e. The number of hydrogen-bond donors (Lipinski definition) is 2. The number of halogens is 3. The van der Waals surface area contributed by atoms with Crippen molar-refractivity contribution in [3.05, 3.63) is 36.3 Å². The van der Waals surface area contributed by atoms with Crippen LogP contribution < -0.4 is 16.0 Å². The molecule has 0 spiro atoms. The van der Waals surface area contributed by atoms with Crippen molar-refractivity contribution in [3.8, 4) is 11.4 Å². The van der Waals surface area contributed by atoms with Crippen LogP contribution in [0.5, 0.6) is 0 Å². The zero-order chi connectivity index (χ0) is 18.7. The molecule has 1 fully saturated rings. The van der Waals surface area contributed by atoms with Crippen molar-refractivity contribution < 1.29 is 18.0 Å².